The Labute approximate surface area is 111 Å². The second-order valence-electron chi connectivity index (χ2n) is 5.31. The maximum atomic E-state index is 9.79. The lowest BCUT2D eigenvalue weighted by atomic mass is 10.0. The smallest absolute Gasteiger partial charge is 0.195 e. The fourth-order valence-electron chi connectivity index (χ4n) is 1.97. The maximum absolute atomic E-state index is 9.79. The van der Waals surface area contributed by atoms with Crippen LogP contribution in [0.1, 0.15) is 26.3 Å². The number of phenolic OH excluding ortho intramolecular Hbond substituents is 1. The Bertz CT molecular complexity index is 634. The number of rotatable bonds is 1. The summed E-state index contributed by atoms with van der Waals surface area (Å²) in [4.78, 5) is 0. The number of aromatic hydroxyl groups is 1. The molecule has 2 rings (SSSR count). The third kappa shape index (κ3) is 2.06. The molecule has 0 fully saturated rings. The Balaban J connectivity index is 2.74. The molecule has 1 aromatic heterocycles. The average molecular weight is 263 g/mol. The van der Waals surface area contributed by atoms with Gasteiger partial charge < -0.3 is 5.11 Å². The quantitative estimate of drug-likeness (QED) is 0.775. The molecule has 0 radical (unpaired) electrons. The first kappa shape index (κ1) is 12.8. The Morgan fingerprint density at radius 3 is 2.61 bits per heavy atom. The van der Waals surface area contributed by atoms with Gasteiger partial charge in [-0.15, -0.1) is 0 Å². The fourth-order valence-corrected chi connectivity index (χ4v) is 2.37. The molecule has 0 bridgehead atoms. The van der Waals surface area contributed by atoms with Crippen LogP contribution in [-0.2, 0) is 5.54 Å². The summed E-state index contributed by atoms with van der Waals surface area (Å²) in [5.74, 6) is 1.02. The zero-order valence-electron chi connectivity index (χ0n) is 11.0. The van der Waals surface area contributed by atoms with Crippen LogP contribution < -0.4 is 0 Å². The van der Waals surface area contributed by atoms with E-state index in [0.29, 0.717) is 4.77 Å². The second-order valence-corrected chi connectivity index (χ2v) is 5.69. The normalized spacial score (nSPS) is 11.8. The summed E-state index contributed by atoms with van der Waals surface area (Å²) >= 11 is 5.28. The summed E-state index contributed by atoms with van der Waals surface area (Å²) in [6.07, 6.45) is 0. The van der Waals surface area contributed by atoms with Crippen molar-refractivity contribution in [2.24, 2.45) is 0 Å². The van der Waals surface area contributed by atoms with Gasteiger partial charge >= 0.3 is 0 Å². The van der Waals surface area contributed by atoms with Crippen molar-refractivity contribution in [3.8, 4) is 17.1 Å². The summed E-state index contributed by atoms with van der Waals surface area (Å²) in [7, 11) is 0. The first-order chi connectivity index (χ1) is 8.32. The predicted octanol–water partition coefficient (Wildman–Crippen LogP) is 3.38. The molecule has 0 atom stereocenters. The lowest BCUT2D eigenvalue weighted by molar-refractivity contribution is 0.395. The summed E-state index contributed by atoms with van der Waals surface area (Å²) < 4.78 is 2.55. The SMILES string of the molecule is Cc1c(O)cccc1-c1n[nH]c(=S)n1C(C)(C)C. The van der Waals surface area contributed by atoms with Gasteiger partial charge in [-0.2, -0.15) is 5.10 Å². The van der Waals surface area contributed by atoms with E-state index in [1.54, 1.807) is 6.07 Å². The molecular formula is C13H17N3OS. The van der Waals surface area contributed by atoms with Gasteiger partial charge in [0.1, 0.15) is 5.75 Å². The van der Waals surface area contributed by atoms with Crippen LogP contribution in [0, 0.1) is 11.7 Å². The van der Waals surface area contributed by atoms with Crippen molar-refractivity contribution < 1.29 is 5.11 Å². The zero-order valence-corrected chi connectivity index (χ0v) is 11.8. The topological polar surface area (TPSA) is 53.8 Å². The van der Waals surface area contributed by atoms with Gasteiger partial charge in [0, 0.05) is 16.7 Å². The van der Waals surface area contributed by atoms with E-state index in [2.05, 4.69) is 31.0 Å². The standard InChI is InChI=1S/C13H17N3OS/c1-8-9(6-5-7-10(8)17)11-14-15-12(18)16(11)13(2,3)4/h5-7,17H,1-4H3,(H,15,18). The zero-order chi connectivity index (χ0) is 13.5. The number of benzene rings is 1. The van der Waals surface area contributed by atoms with Gasteiger partial charge in [0.05, 0.1) is 0 Å². The second kappa shape index (κ2) is 4.24. The van der Waals surface area contributed by atoms with Crippen molar-refractivity contribution in [2.75, 3.05) is 0 Å². The van der Waals surface area contributed by atoms with E-state index in [-0.39, 0.29) is 11.3 Å². The summed E-state index contributed by atoms with van der Waals surface area (Å²) in [5.41, 5.74) is 1.52. The van der Waals surface area contributed by atoms with E-state index in [1.807, 2.05) is 23.6 Å². The first-order valence-corrected chi connectivity index (χ1v) is 6.20. The average Bonchev–Trinajstić information content (AvgIpc) is 2.64. The van der Waals surface area contributed by atoms with Crippen molar-refractivity contribution in [1.82, 2.24) is 14.8 Å². The molecule has 0 aliphatic carbocycles. The lowest BCUT2D eigenvalue weighted by Crippen LogP contribution is -2.23. The molecule has 2 aromatic rings. The minimum absolute atomic E-state index is 0.169. The first-order valence-electron chi connectivity index (χ1n) is 5.79. The number of aromatic nitrogens is 3. The van der Waals surface area contributed by atoms with Gasteiger partial charge in [-0.1, -0.05) is 12.1 Å². The minimum Gasteiger partial charge on any atom is -0.508 e. The predicted molar refractivity (Wildman–Crippen MR) is 74.2 cm³/mol. The third-order valence-electron chi connectivity index (χ3n) is 2.89. The van der Waals surface area contributed by atoms with E-state index in [4.69, 9.17) is 12.2 Å². The molecule has 0 unspecified atom stereocenters. The van der Waals surface area contributed by atoms with Gasteiger partial charge in [-0.05, 0) is 46.0 Å². The number of hydrogen-bond donors (Lipinski definition) is 2. The van der Waals surface area contributed by atoms with Crippen LogP contribution >= 0.6 is 12.2 Å². The monoisotopic (exact) mass is 263 g/mol. The molecule has 0 saturated carbocycles. The van der Waals surface area contributed by atoms with Gasteiger partial charge in [0.15, 0.2) is 10.6 Å². The van der Waals surface area contributed by atoms with Crippen LogP contribution in [0.3, 0.4) is 0 Å². The van der Waals surface area contributed by atoms with Gasteiger partial charge in [-0.25, -0.2) is 0 Å². The summed E-state index contributed by atoms with van der Waals surface area (Å²) in [5, 5.41) is 16.9. The molecule has 4 nitrogen and oxygen atoms in total. The molecule has 0 aliphatic rings. The molecule has 0 amide bonds. The van der Waals surface area contributed by atoms with E-state index in [1.165, 1.54) is 0 Å². The van der Waals surface area contributed by atoms with E-state index in [0.717, 1.165) is 17.0 Å². The van der Waals surface area contributed by atoms with Crippen molar-refractivity contribution in [1.29, 1.82) is 0 Å². The van der Waals surface area contributed by atoms with Crippen LogP contribution in [0.4, 0.5) is 0 Å². The summed E-state index contributed by atoms with van der Waals surface area (Å²) in [6.45, 7) is 8.08. The van der Waals surface area contributed by atoms with Gasteiger partial charge in [-0.3, -0.25) is 9.67 Å². The van der Waals surface area contributed by atoms with Crippen molar-refractivity contribution >= 4 is 12.2 Å². The largest absolute Gasteiger partial charge is 0.508 e. The fraction of sp³-hybridized carbons (Fsp3) is 0.385. The molecule has 18 heavy (non-hydrogen) atoms. The molecule has 1 aromatic carbocycles. The van der Waals surface area contributed by atoms with Crippen LogP contribution in [0.5, 0.6) is 5.75 Å². The molecule has 2 N–H and O–H groups in total. The highest BCUT2D eigenvalue weighted by Gasteiger charge is 2.21. The van der Waals surface area contributed by atoms with Crippen molar-refractivity contribution in [2.45, 2.75) is 33.2 Å². The number of nitrogens with zero attached hydrogens (tertiary/aromatic N) is 2. The molecule has 1 heterocycles. The van der Waals surface area contributed by atoms with E-state index < -0.39 is 0 Å². The van der Waals surface area contributed by atoms with Crippen LogP contribution in [0.25, 0.3) is 11.4 Å². The highest BCUT2D eigenvalue weighted by molar-refractivity contribution is 7.71. The Hall–Kier alpha value is -1.62. The number of H-pyrrole nitrogens is 1. The minimum atomic E-state index is -0.169. The van der Waals surface area contributed by atoms with Crippen LogP contribution in [0.2, 0.25) is 0 Å². The molecule has 5 heteroatoms. The third-order valence-corrected chi connectivity index (χ3v) is 3.16. The number of nitrogens with one attached hydrogen (secondary N) is 1. The van der Waals surface area contributed by atoms with Crippen molar-refractivity contribution in [3.05, 3.63) is 28.5 Å². The Kier molecular flexibility index (Phi) is 3.02. The van der Waals surface area contributed by atoms with E-state index in [9.17, 15) is 5.11 Å². The number of hydrogen-bond acceptors (Lipinski definition) is 3. The highest BCUT2D eigenvalue weighted by Crippen LogP contribution is 2.30. The van der Waals surface area contributed by atoms with Gasteiger partial charge in [0.2, 0.25) is 0 Å². The lowest BCUT2D eigenvalue weighted by Gasteiger charge is -2.23. The van der Waals surface area contributed by atoms with Crippen molar-refractivity contribution in [3.63, 3.8) is 0 Å². The maximum Gasteiger partial charge on any atom is 0.195 e. The number of aromatic amines is 1. The molecular weight excluding hydrogens is 246 g/mol. The highest BCUT2D eigenvalue weighted by atomic mass is 32.1. The van der Waals surface area contributed by atoms with Crippen LogP contribution in [0.15, 0.2) is 18.2 Å². The Morgan fingerprint density at radius 1 is 1.33 bits per heavy atom. The molecule has 0 saturated heterocycles. The van der Waals surface area contributed by atoms with Crippen LogP contribution in [-0.4, -0.2) is 19.9 Å². The van der Waals surface area contributed by atoms with E-state index >= 15 is 0 Å². The molecule has 0 spiro atoms. The molecule has 0 aliphatic heterocycles. The van der Waals surface area contributed by atoms with Gasteiger partial charge in [0.25, 0.3) is 0 Å². The Morgan fingerprint density at radius 2 is 2.00 bits per heavy atom. The number of phenols is 1. The molecule has 96 valence electrons. The summed E-state index contributed by atoms with van der Waals surface area (Å²) in [6, 6.07) is 5.41.